The molecule has 8 nitrogen and oxygen atoms in total. The maximum Gasteiger partial charge on any atom is 0.413 e. The molecule has 1 aromatic rings. The molecule has 0 fully saturated rings. The molecular formula is C15H16N2O6S. The number of carbonyl (C=O) groups is 4. The Bertz CT molecular complexity index is 663. The minimum atomic E-state index is -0.905. The smallest absolute Gasteiger partial charge is 0.413 e. The average molecular weight is 352 g/mol. The Balaban J connectivity index is 1.79. The van der Waals surface area contributed by atoms with Crippen molar-refractivity contribution in [1.82, 2.24) is 5.32 Å². The fraction of sp³-hybridized carbons (Fsp3) is 0.333. The zero-order valence-corrected chi connectivity index (χ0v) is 13.7. The summed E-state index contributed by atoms with van der Waals surface area (Å²) >= 11 is 1.26. The highest BCUT2D eigenvalue weighted by molar-refractivity contribution is 8.01. The second-order valence-corrected chi connectivity index (χ2v) is 5.97. The Hall–Kier alpha value is -2.55. The van der Waals surface area contributed by atoms with Crippen molar-refractivity contribution in [1.29, 1.82) is 0 Å². The number of anilines is 1. The summed E-state index contributed by atoms with van der Waals surface area (Å²) in [6.45, 7) is 1.09. The van der Waals surface area contributed by atoms with E-state index in [-0.39, 0.29) is 18.9 Å². The highest BCUT2D eigenvalue weighted by Gasteiger charge is 2.29. The average Bonchev–Trinajstić information content (AvgIpc) is 2.54. The predicted molar refractivity (Wildman–Crippen MR) is 85.5 cm³/mol. The number of fused-ring (bicyclic) bond motifs is 1. The number of rotatable bonds is 5. The first-order valence-corrected chi connectivity index (χ1v) is 8.06. The molecule has 0 aromatic heterocycles. The van der Waals surface area contributed by atoms with Gasteiger partial charge in [0.15, 0.2) is 6.61 Å². The molecule has 1 aliphatic heterocycles. The molecule has 24 heavy (non-hydrogen) atoms. The number of alkyl carbamates (subject to hydrolysis) is 1. The zero-order valence-electron chi connectivity index (χ0n) is 12.9. The first-order chi connectivity index (χ1) is 11.5. The standard InChI is InChI=1S/C15H16N2O6S/c1-2-22-15(21)17-12(18)8-23-13(19)7-11-14(20)16-9-5-3-4-6-10(9)24-11/h3-6,11H,2,7-8H2,1H3,(H,16,20)(H,17,18,21)/t11-/m0/s1. The van der Waals surface area contributed by atoms with Crippen molar-refractivity contribution in [2.45, 2.75) is 23.5 Å². The van der Waals surface area contributed by atoms with Crippen LogP contribution in [-0.2, 0) is 23.9 Å². The summed E-state index contributed by atoms with van der Waals surface area (Å²) in [5.74, 6) is -1.81. The van der Waals surface area contributed by atoms with E-state index >= 15 is 0 Å². The first-order valence-electron chi connectivity index (χ1n) is 7.18. The Morgan fingerprint density at radius 2 is 2.00 bits per heavy atom. The van der Waals surface area contributed by atoms with E-state index in [0.29, 0.717) is 5.69 Å². The van der Waals surface area contributed by atoms with Crippen LogP contribution in [0.1, 0.15) is 13.3 Å². The number of esters is 1. The summed E-state index contributed by atoms with van der Waals surface area (Å²) in [4.78, 5) is 47.0. The van der Waals surface area contributed by atoms with Gasteiger partial charge in [0, 0.05) is 4.90 Å². The Morgan fingerprint density at radius 1 is 1.25 bits per heavy atom. The molecule has 128 valence electrons. The number of ether oxygens (including phenoxy) is 2. The summed E-state index contributed by atoms with van der Waals surface area (Å²) in [5.41, 5.74) is 0.700. The van der Waals surface area contributed by atoms with Crippen molar-refractivity contribution in [3.8, 4) is 0 Å². The second kappa shape index (κ2) is 8.34. The molecule has 1 atom stereocenters. The molecule has 0 radical (unpaired) electrons. The van der Waals surface area contributed by atoms with E-state index in [1.165, 1.54) is 11.8 Å². The number of hydrogen-bond acceptors (Lipinski definition) is 7. The van der Waals surface area contributed by atoms with Gasteiger partial charge in [-0.25, -0.2) is 4.79 Å². The summed E-state index contributed by atoms with van der Waals surface area (Å²) in [7, 11) is 0. The van der Waals surface area contributed by atoms with E-state index in [1.807, 2.05) is 17.4 Å². The van der Waals surface area contributed by atoms with Gasteiger partial charge in [-0.2, -0.15) is 0 Å². The van der Waals surface area contributed by atoms with Crippen LogP contribution in [0.15, 0.2) is 29.2 Å². The highest BCUT2D eigenvalue weighted by atomic mass is 32.2. The summed E-state index contributed by atoms with van der Waals surface area (Å²) in [5, 5.41) is 3.97. The van der Waals surface area contributed by atoms with Gasteiger partial charge >= 0.3 is 12.1 Å². The van der Waals surface area contributed by atoms with E-state index in [4.69, 9.17) is 4.74 Å². The van der Waals surface area contributed by atoms with Gasteiger partial charge in [-0.1, -0.05) is 12.1 Å². The van der Waals surface area contributed by atoms with Crippen molar-refractivity contribution in [2.24, 2.45) is 0 Å². The fourth-order valence-corrected chi connectivity index (χ4v) is 3.00. The highest BCUT2D eigenvalue weighted by Crippen LogP contribution is 2.36. The molecule has 1 aromatic carbocycles. The molecule has 0 bridgehead atoms. The number of benzene rings is 1. The van der Waals surface area contributed by atoms with Gasteiger partial charge < -0.3 is 14.8 Å². The molecule has 0 spiro atoms. The Kier molecular flexibility index (Phi) is 6.19. The number of amides is 3. The van der Waals surface area contributed by atoms with Gasteiger partial charge in [0.1, 0.15) is 0 Å². The third-order valence-corrected chi connectivity index (χ3v) is 4.22. The number of imide groups is 1. The van der Waals surface area contributed by atoms with Gasteiger partial charge in [-0.3, -0.25) is 19.7 Å². The van der Waals surface area contributed by atoms with Gasteiger partial charge in [0.05, 0.1) is 24.0 Å². The van der Waals surface area contributed by atoms with Crippen LogP contribution < -0.4 is 10.6 Å². The molecule has 0 aliphatic carbocycles. The van der Waals surface area contributed by atoms with Crippen molar-refractivity contribution in [3.63, 3.8) is 0 Å². The molecule has 1 heterocycles. The van der Waals surface area contributed by atoms with Crippen LogP contribution in [0.2, 0.25) is 0 Å². The van der Waals surface area contributed by atoms with E-state index in [1.54, 1.807) is 19.1 Å². The Labute approximate surface area is 142 Å². The first kappa shape index (κ1) is 17.8. The van der Waals surface area contributed by atoms with Crippen LogP contribution in [0.25, 0.3) is 0 Å². The molecule has 9 heteroatoms. The molecule has 0 saturated heterocycles. The van der Waals surface area contributed by atoms with Crippen molar-refractivity contribution in [2.75, 3.05) is 18.5 Å². The van der Waals surface area contributed by atoms with Crippen molar-refractivity contribution >= 4 is 41.3 Å². The van der Waals surface area contributed by atoms with Gasteiger partial charge in [-0.15, -0.1) is 11.8 Å². The summed E-state index contributed by atoms with van der Waals surface area (Å²) < 4.78 is 9.29. The van der Waals surface area contributed by atoms with Crippen molar-refractivity contribution in [3.05, 3.63) is 24.3 Å². The van der Waals surface area contributed by atoms with Gasteiger partial charge in [-0.05, 0) is 19.1 Å². The lowest BCUT2D eigenvalue weighted by atomic mass is 10.2. The minimum Gasteiger partial charge on any atom is -0.456 e. The molecular weight excluding hydrogens is 336 g/mol. The van der Waals surface area contributed by atoms with Crippen LogP contribution in [0, 0.1) is 0 Å². The van der Waals surface area contributed by atoms with Crippen LogP contribution in [0.3, 0.4) is 0 Å². The van der Waals surface area contributed by atoms with Crippen molar-refractivity contribution < 1.29 is 28.7 Å². The normalized spacial score (nSPS) is 15.7. The maximum atomic E-state index is 12.0. The van der Waals surface area contributed by atoms with Crippen LogP contribution in [-0.4, -0.2) is 42.3 Å². The monoisotopic (exact) mass is 352 g/mol. The summed E-state index contributed by atoms with van der Waals surface area (Å²) in [6, 6.07) is 7.24. The van der Waals surface area contributed by atoms with Crippen LogP contribution in [0.4, 0.5) is 10.5 Å². The lowest BCUT2D eigenvalue weighted by Gasteiger charge is -2.23. The molecule has 0 saturated carbocycles. The summed E-state index contributed by atoms with van der Waals surface area (Å²) in [6.07, 6.45) is -1.09. The number of para-hydroxylation sites is 1. The predicted octanol–water partition coefficient (Wildman–Crippen LogP) is 1.31. The topological polar surface area (TPSA) is 111 Å². The molecule has 2 N–H and O–H groups in total. The van der Waals surface area contributed by atoms with E-state index in [0.717, 1.165) is 4.90 Å². The van der Waals surface area contributed by atoms with Gasteiger partial charge in [0.25, 0.3) is 5.91 Å². The minimum absolute atomic E-state index is 0.119. The van der Waals surface area contributed by atoms with Crippen LogP contribution in [0.5, 0.6) is 0 Å². The SMILES string of the molecule is CCOC(=O)NC(=O)COC(=O)C[C@@H]1Sc2ccccc2NC1=O. The van der Waals surface area contributed by atoms with E-state index in [9.17, 15) is 19.2 Å². The molecule has 0 unspecified atom stereocenters. The molecule has 3 amide bonds. The largest absolute Gasteiger partial charge is 0.456 e. The number of thioether (sulfide) groups is 1. The zero-order chi connectivity index (χ0) is 17.5. The maximum absolute atomic E-state index is 12.0. The molecule has 2 rings (SSSR count). The second-order valence-electron chi connectivity index (χ2n) is 4.73. The third-order valence-electron chi connectivity index (χ3n) is 2.94. The van der Waals surface area contributed by atoms with Crippen LogP contribution >= 0.6 is 11.8 Å². The van der Waals surface area contributed by atoms with E-state index in [2.05, 4.69) is 10.1 Å². The van der Waals surface area contributed by atoms with Gasteiger partial charge in [0.2, 0.25) is 5.91 Å². The quantitative estimate of drug-likeness (QED) is 0.769. The molecule has 1 aliphatic rings. The lowest BCUT2D eigenvalue weighted by Crippen LogP contribution is -2.35. The van der Waals surface area contributed by atoms with E-state index < -0.39 is 29.8 Å². The third kappa shape index (κ3) is 4.98. The fourth-order valence-electron chi connectivity index (χ4n) is 1.90. The number of hydrogen-bond donors (Lipinski definition) is 2. The number of nitrogens with one attached hydrogen (secondary N) is 2. The number of carbonyl (C=O) groups excluding carboxylic acids is 4. The lowest BCUT2D eigenvalue weighted by molar-refractivity contribution is -0.148. The Morgan fingerprint density at radius 3 is 2.75 bits per heavy atom.